The van der Waals surface area contributed by atoms with Gasteiger partial charge in [-0.15, -0.1) is 0 Å². The molecule has 1 heterocycles. The normalized spacial score (nSPS) is 35.3. The fourth-order valence-corrected chi connectivity index (χ4v) is 2.33. The molecule has 0 spiro atoms. The van der Waals surface area contributed by atoms with E-state index in [0.717, 1.165) is 18.0 Å². The zero-order valence-corrected chi connectivity index (χ0v) is 8.92. The van der Waals surface area contributed by atoms with Gasteiger partial charge in [0.15, 0.2) is 0 Å². The average molecular weight is 182 g/mol. The van der Waals surface area contributed by atoms with Gasteiger partial charge in [-0.3, -0.25) is 0 Å². The van der Waals surface area contributed by atoms with Crippen molar-refractivity contribution in [2.45, 2.75) is 44.7 Å². The van der Waals surface area contributed by atoms with Gasteiger partial charge in [0, 0.05) is 18.6 Å². The van der Waals surface area contributed by atoms with Gasteiger partial charge in [0.2, 0.25) is 0 Å². The summed E-state index contributed by atoms with van der Waals surface area (Å²) in [5, 5.41) is 3.64. The van der Waals surface area contributed by atoms with Crippen LogP contribution in [0.1, 0.15) is 32.6 Å². The number of hydrogen-bond acceptors (Lipinski definition) is 2. The molecule has 2 rings (SSSR count). The first-order chi connectivity index (χ1) is 6.27. The van der Waals surface area contributed by atoms with E-state index in [1.165, 1.54) is 38.8 Å². The van der Waals surface area contributed by atoms with Gasteiger partial charge in [0.1, 0.15) is 0 Å². The minimum absolute atomic E-state index is 0.749. The Hall–Kier alpha value is -0.0800. The Balaban J connectivity index is 1.77. The SMILES string of the molecule is CC1CCCNC1CN(C)C1CC1. The van der Waals surface area contributed by atoms with Gasteiger partial charge in [-0.05, 0) is 45.2 Å². The van der Waals surface area contributed by atoms with E-state index in [1.807, 2.05) is 0 Å². The molecular formula is C11H22N2. The number of likely N-dealkylation sites (N-methyl/N-ethyl adjacent to an activating group) is 1. The first kappa shape index (κ1) is 9.47. The van der Waals surface area contributed by atoms with E-state index in [2.05, 4.69) is 24.2 Å². The molecule has 0 bridgehead atoms. The lowest BCUT2D eigenvalue weighted by Gasteiger charge is -2.33. The molecule has 1 saturated carbocycles. The summed E-state index contributed by atoms with van der Waals surface area (Å²) in [4.78, 5) is 2.54. The zero-order valence-electron chi connectivity index (χ0n) is 8.92. The Bertz CT molecular complexity index is 165. The van der Waals surface area contributed by atoms with Crippen LogP contribution in [0.2, 0.25) is 0 Å². The van der Waals surface area contributed by atoms with Crippen LogP contribution in [-0.2, 0) is 0 Å². The molecule has 1 aliphatic heterocycles. The zero-order chi connectivity index (χ0) is 9.26. The average Bonchev–Trinajstić information content (AvgIpc) is 2.91. The second kappa shape index (κ2) is 3.97. The fraction of sp³-hybridized carbons (Fsp3) is 1.00. The summed E-state index contributed by atoms with van der Waals surface area (Å²) in [7, 11) is 2.28. The summed E-state index contributed by atoms with van der Waals surface area (Å²) in [5.74, 6) is 0.870. The predicted molar refractivity (Wildman–Crippen MR) is 55.8 cm³/mol. The van der Waals surface area contributed by atoms with Gasteiger partial charge >= 0.3 is 0 Å². The molecule has 2 atom stereocenters. The minimum atomic E-state index is 0.749. The summed E-state index contributed by atoms with van der Waals surface area (Å²) in [5.41, 5.74) is 0. The molecule has 0 aromatic heterocycles. The van der Waals surface area contributed by atoms with E-state index in [9.17, 15) is 0 Å². The van der Waals surface area contributed by atoms with Crippen molar-refractivity contribution in [2.75, 3.05) is 20.1 Å². The molecule has 0 radical (unpaired) electrons. The van der Waals surface area contributed by atoms with Crippen LogP contribution in [0.3, 0.4) is 0 Å². The van der Waals surface area contributed by atoms with Crippen LogP contribution in [0, 0.1) is 5.92 Å². The molecular weight excluding hydrogens is 160 g/mol. The third kappa shape index (κ3) is 2.44. The largest absolute Gasteiger partial charge is 0.312 e. The van der Waals surface area contributed by atoms with Gasteiger partial charge in [0.25, 0.3) is 0 Å². The highest BCUT2D eigenvalue weighted by Gasteiger charge is 2.29. The Morgan fingerprint density at radius 2 is 2.08 bits per heavy atom. The third-order valence-electron chi connectivity index (χ3n) is 3.58. The van der Waals surface area contributed by atoms with E-state index in [1.54, 1.807) is 0 Å². The highest BCUT2D eigenvalue weighted by atomic mass is 15.2. The summed E-state index contributed by atoms with van der Waals surface area (Å²) in [6, 6.07) is 1.66. The van der Waals surface area contributed by atoms with Crippen LogP contribution in [-0.4, -0.2) is 37.1 Å². The van der Waals surface area contributed by atoms with Gasteiger partial charge in [0.05, 0.1) is 0 Å². The molecule has 0 aromatic rings. The Morgan fingerprint density at radius 1 is 1.31 bits per heavy atom. The molecule has 1 aliphatic carbocycles. The first-order valence-corrected chi connectivity index (χ1v) is 5.71. The number of nitrogens with zero attached hydrogens (tertiary/aromatic N) is 1. The van der Waals surface area contributed by atoms with E-state index in [-0.39, 0.29) is 0 Å². The van der Waals surface area contributed by atoms with E-state index < -0.39 is 0 Å². The molecule has 1 N–H and O–H groups in total. The molecule has 76 valence electrons. The van der Waals surface area contributed by atoms with E-state index in [0.29, 0.717) is 0 Å². The van der Waals surface area contributed by atoms with Gasteiger partial charge < -0.3 is 10.2 Å². The number of rotatable bonds is 3. The Morgan fingerprint density at radius 3 is 2.69 bits per heavy atom. The Kier molecular flexibility index (Phi) is 2.89. The molecule has 0 aromatic carbocycles. The lowest BCUT2D eigenvalue weighted by atomic mass is 9.92. The molecule has 2 nitrogen and oxygen atoms in total. The van der Waals surface area contributed by atoms with Crippen molar-refractivity contribution in [1.29, 1.82) is 0 Å². The van der Waals surface area contributed by atoms with Crippen molar-refractivity contribution in [3.8, 4) is 0 Å². The van der Waals surface area contributed by atoms with Crippen molar-refractivity contribution in [2.24, 2.45) is 5.92 Å². The highest BCUT2D eigenvalue weighted by Crippen LogP contribution is 2.26. The van der Waals surface area contributed by atoms with Crippen LogP contribution in [0.4, 0.5) is 0 Å². The molecule has 0 amide bonds. The summed E-state index contributed by atoms with van der Waals surface area (Å²) in [6.07, 6.45) is 5.64. The van der Waals surface area contributed by atoms with E-state index >= 15 is 0 Å². The predicted octanol–water partition coefficient (Wildman–Crippen LogP) is 1.47. The number of nitrogens with one attached hydrogen (secondary N) is 1. The van der Waals surface area contributed by atoms with Crippen molar-refractivity contribution in [1.82, 2.24) is 10.2 Å². The van der Waals surface area contributed by atoms with Gasteiger partial charge in [-0.25, -0.2) is 0 Å². The molecule has 2 aliphatic rings. The van der Waals surface area contributed by atoms with Crippen LogP contribution >= 0.6 is 0 Å². The highest BCUT2D eigenvalue weighted by molar-refractivity contribution is 4.87. The van der Waals surface area contributed by atoms with Crippen LogP contribution < -0.4 is 5.32 Å². The van der Waals surface area contributed by atoms with Crippen molar-refractivity contribution >= 4 is 0 Å². The van der Waals surface area contributed by atoms with Crippen LogP contribution in [0.15, 0.2) is 0 Å². The molecule has 2 heteroatoms. The van der Waals surface area contributed by atoms with Crippen molar-refractivity contribution < 1.29 is 0 Å². The molecule has 1 saturated heterocycles. The van der Waals surface area contributed by atoms with Gasteiger partial charge in [-0.2, -0.15) is 0 Å². The minimum Gasteiger partial charge on any atom is -0.312 e. The smallest absolute Gasteiger partial charge is 0.0220 e. The monoisotopic (exact) mass is 182 g/mol. The van der Waals surface area contributed by atoms with Gasteiger partial charge in [-0.1, -0.05) is 6.92 Å². The molecule has 2 fully saturated rings. The summed E-state index contributed by atoms with van der Waals surface area (Å²) < 4.78 is 0. The standard InChI is InChI=1S/C11H22N2/c1-9-4-3-7-12-11(9)8-13(2)10-5-6-10/h9-12H,3-8H2,1-2H3. The van der Waals surface area contributed by atoms with Crippen molar-refractivity contribution in [3.63, 3.8) is 0 Å². The Labute approximate surface area is 81.7 Å². The second-order valence-electron chi connectivity index (χ2n) is 4.85. The number of hydrogen-bond donors (Lipinski definition) is 1. The maximum Gasteiger partial charge on any atom is 0.0220 e. The van der Waals surface area contributed by atoms with Crippen LogP contribution in [0.5, 0.6) is 0 Å². The van der Waals surface area contributed by atoms with Crippen molar-refractivity contribution in [3.05, 3.63) is 0 Å². The van der Waals surface area contributed by atoms with E-state index in [4.69, 9.17) is 0 Å². The fourth-order valence-electron chi connectivity index (χ4n) is 2.33. The third-order valence-corrected chi connectivity index (χ3v) is 3.58. The topological polar surface area (TPSA) is 15.3 Å². The second-order valence-corrected chi connectivity index (χ2v) is 4.85. The number of piperidine rings is 1. The summed E-state index contributed by atoms with van der Waals surface area (Å²) in [6.45, 7) is 4.87. The molecule has 13 heavy (non-hydrogen) atoms. The first-order valence-electron chi connectivity index (χ1n) is 5.71. The summed E-state index contributed by atoms with van der Waals surface area (Å²) >= 11 is 0. The maximum absolute atomic E-state index is 3.64. The lowest BCUT2D eigenvalue weighted by Crippen LogP contribution is -2.47. The molecule has 2 unspecified atom stereocenters. The lowest BCUT2D eigenvalue weighted by molar-refractivity contribution is 0.211. The maximum atomic E-state index is 3.64. The quantitative estimate of drug-likeness (QED) is 0.711. The van der Waals surface area contributed by atoms with Crippen LogP contribution in [0.25, 0.3) is 0 Å².